The number of aromatic nitrogens is 3. The number of amides is 1. The van der Waals surface area contributed by atoms with E-state index < -0.39 is 9.84 Å². The number of sulfone groups is 1. The van der Waals surface area contributed by atoms with Gasteiger partial charge in [0.1, 0.15) is 5.82 Å². The van der Waals surface area contributed by atoms with Crippen molar-refractivity contribution in [3.63, 3.8) is 0 Å². The van der Waals surface area contributed by atoms with Gasteiger partial charge in [0, 0.05) is 43.0 Å². The van der Waals surface area contributed by atoms with Crippen molar-refractivity contribution in [2.45, 2.75) is 49.6 Å². The lowest BCUT2D eigenvalue weighted by Crippen LogP contribution is -2.39. The van der Waals surface area contributed by atoms with Crippen molar-refractivity contribution in [2.75, 3.05) is 11.6 Å². The van der Waals surface area contributed by atoms with Crippen molar-refractivity contribution in [3.8, 4) is 5.82 Å². The van der Waals surface area contributed by atoms with Gasteiger partial charge < -0.3 is 15.2 Å². The smallest absolute Gasteiger partial charge is 0.224 e. The van der Waals surface area contributed by atoms with Gasteiger partial charge in [-0.1, -0.05) is 6.07 Å². The molecule has 0 aliphatic heterocycles. The molecule has 158 valence electrons. The Morgan fingerprint density at radius 2 is 1.83 bits per heavy atom. The highest BCUT2D eigenvalue weighted by atomic mass is 32.2. The number of nitrogens with zero attached hydrogens (tertiary/aromatic N) is 3. The highest BCUT2D eigenvalue weighted by Crippen LogP contribution is 2.27. The van der Waals surface area contributed by atoms with E-state index in [1.807, 2.05) is 16.8 Å². The molecule has 9 heteroatoms. The topological polar surface area (TPSA) is 106 Å². The van der Waals surface area contributed by atoms with Crippen molar-refractivity contribution in [3.05, 3.63) is 42.7 Å². The summed E-state index contributed by atoms with van der Waals surface area (Å²) in [6.07, 6.45) is 8.45. The number of rotatable bonds is 5. The quantitative estimate of drug-likeness (QED) is 0.648. The molecule has 1 aliphatic rings. The monoisotopic (exact) mass is 427 g/mol. The molecule has 1 aromatic carbocycles. The van der Waals surface area contributed by atoms with Crippen LogP contribution in [0.1, 0.15) is 32.6 Å². The molecule has 0 atom stereocenters. The first-order valence-corrected chi connectivity index (χ1v) is 11.9. The third-order valence-electron chi connectivity index (χ3n) is 5.45. The molecule has 1 fully saturated rings. The Labute approximate surface area is 175 Å². The average molecular weight is 428 g/mol. The van der Waals surface area contributed by atoms with Crippen LogP contribution in [0.2, 0.25) is 0 Å². The summed E-state index contributed by atoms with van der Waals surface area (Å²) >= 11 is 0. The summed E-state index contributed by atoms with van der Waals surface area (Å²) in [6.45, 7) is 1.55. The number of hydrogen-bond donors (Lipinski definition) is 2. The van der Waals surface area contributed by atoms with Crippen LogP contribution in [0.15, 0.2) is 47.6 Å². The maximum atomic E-state index is 12.1. The van der Waals surface area contributed by atoms with Crippen molar-refractivity contribution in [1.29, 1.82) is 0 Å². The SMILES string of the molecule is CC(=O)N[C@H]1CC[C@H](Nc2nccc(-n3ccc4c(S(C)(=O)=O)cccc43)n2)CC1. The highest BCUT2D eigenvalue weighted by Gasteiger charge is 2.22. The summed E-state index contributed by atoms with van der Waals surface area (Å²) in [5.41, 5.74) is 0.776. The van der Waals surface area contributed by atoms with Crippen LogP contribution in [0.25, 0.3) is 16.7 Å². The molecule has 2 heterocycles. The van der Waals surface area contributed by atoms with Crippen molar-refractivity contribution in [1.82, 2.24) is 19.9 Å². The van der Waals surface area contributed by atoms with E-state index in [4.69, 9.17) is 0 Å². The Kier molecular flexibility index (Phi) is 5.46. The van der Waals surface area contributed by atoms with Crippen LogP contribution < -0.4 is 10.6 Å². The zero-order valence-corrected chi connectivity index (χ0v) is 17.8. The lowest BCUT2D eigenvalue weighted by Gasteiger charge is -2.29. The fourth-order valence-electron chi connectivity index (χ4n) is 4.07. The van der Waals surface area contributed by atoms with Gasteiger partial charge in [-0.3, -0.25) is 4.79 Å². The number of carbonyl (C=O) groups excluding carboxylic acids is 1. The normalized spacial score (nSPS) is 19.5. The van der Waals surface area contributed by atoms with Gasteiger partial charge in [-0.25, -0.2) is 13.4 Å². The standard InChI is InChI=1S/C21H25N5O3S/c1-14(27)23-15-6-8-16(9-7-15)24-21-22-12-10-20(25-21)26-13-11-17-18(26)4-3-5-19(17)30(2,28)29/h3-5,10-13,15-16H,6-9H2,1-2H3,(H,23,27)(H,22,24,25)/t15-,16-. The summed E-state index contributed by atoms with van der Waals surface area (Å²) < 4.78 is 26.0. The number of nitrogens with one attached hydrogen (secondary N) is 2. The van der Waals surface area contributed by atoms with E-state index in [0.717, 1.165) is 31.2 Å². The lowest BCUT2D eigenvalue weighted by molar-refractivity contribution is -0.119. The van der Waals surface area contributed by atoms with Crippen molar-refractivity contribution >= 4 is 32.6 Å². The van der Waals surface area contributed by atoms with E-state index in [1.165, 1.54) is 6.26 Å². The summed E-state index contributed by atoms with van der Waals surface area (Å²) in [5.74, 6) is 1.22. The van der Waals surface area contributed by atoms with Crippen LogP contribution in [0.3, 0.4) is 0 Å². The van der Waals surface area contributed by atoms with Crippen LogP contribution in [0, 0.1) is 0 Å². The summed E-state index contributed by atoms with van der Waals surface area (Å²) in [4.78, 5) is 20.5. The Morgan fingerprint density at radius 1 is 1.10 bits per heavy atom. The minimum absolute atomic E-state index is 0.0143. The van der Waals surface area contributed by atoms with Gasteiger partial charge in [0.2, 0.25) is 11.9 Å². The molecular formula is C21H25N5O3S. The zero-order valence-electron chi connectivity index (χ0n) is 17.0. The minimum atomic E-state index is -3.32. The third kappa shape index (κ3) is 4.30. The van der Waals surface area contributed by atoms with Gasteiger partial charge in [-0.2, -0.15) is 4.98 Å². The molecule has 1 saturated carbocycles. The molecule has 1 amide bonds. The molecule has 0 spiro atoms. The molecular weight excluding hydrogens is 402 g/mol. The van der Waals surface area contributed by atoms with Gasteiger partial charge in [0.25, 0.3) is 0 Å². The van der Waals surface area contributed by atoms with Gasteiger partial charge in [-0.15, -0.1) is 0 Å². The van der Waals surface area contributed by atoms with Crippen LogP contribution in [-0.4, -0.2) is 47.2 Å². The fourth-order valence-corrected chi connectivity index (χ4v) is 4.97. The fraction of sp³-hybridized carbons (Fsp3) is 0.381. The largest absolute Gasteiger partial charge is 0.354 e. The maximum Gasteiger partial charge on any atom is 0.224 e. The van der Waals surface area contributed by atoms with Gasteiger partial charge in [-0.05, 0) is 49.9 Å². The van der Waals surface area contributed by atoms with Crippen LogP contribution >= 0.6 is 0 Å². The number of hydrogen-bond acceptors (Lipinski definition) is 6. The molecule has 4 rings (SSSR count). The molecule has 2 aromatic heterocycles. The van der Waals surface area contributed by atoms with E-state index in [0.29, 0.717) is 22.0 Å². The first-order valence-electron chi connectivity index (χ1n) is 9.98. The van der Waals surface area contributed by atoms with Crippen molar-refractivity contribution in [2.24, 2.45) is 0 Å². The molecule has 8 nitrogen and oxygen atoms in total. The summed E-state index contributed by atoms with van der Waals surface area (Å²) in [6, 6.07) is 9.32. The van der Waals surface area contributed by atoms with E-state index in [-0.39, 0.29) is 18.0 Å². The van der Waals surface area contributed by atoms with E-state index >= 15 is 0 Å². The van der Waals surface area contributed by atoms with Crippen LogP contribution in [0.5, 0.6) is 0 Å². The summed E-state index contributed by atoms with van der Waals surface area (Å²) in [5, 5.41) is 7.05. The molecule has 0 radical (unpaired) electrons. The Balaban J connectivity index is 1.54. The number of carbonyl (C=O) groups is 1. The second-order valence-corrected chi connectivity index (χ2v) is 9.76. The number of fused-ring (bicyclic) bond motifs is 1. The predicted molar refractivity (Wildman–Crippen MR) is 115 cm³/mol. The third-order valence-corrected chi connectivity index (χ3v) is 6.60. The Bertz CT molecular complexity index is 1180. The Hall–Kier alpha value is -2.94. The average Bonchev–Trinajstić information content (AvgIpc) is 3.13. The molecule has 3 aromatic rings. The van der Waals surface area contributed by atoms with Crippen LogP contribution in [-0.2, 0) is 14.6 Å². The van der Waals surface area contributed by atoms with E-state index in [1.54, 1.807) is 37.4 Å². The Morgan fingerprint density at radius 3 is 2.53 bits per heavy atom. The first kappa shape index (κ1) is 20.3. The molecule has 1 aliphatic carbocycles. The van der Waals surface area contributed by atoms with Crippen molar-refractivity contribution < 1.29 is 13.2 Å². The van der Waals surface area contributed by atoms with E-state index in [9.17, 15) is 13.2 Å². The van der Waals surface area contributed by atoms with E-state index in [2.05, 4.69) is 20.6 Å². The number of benzene rings is 1. The lowest BCUT2D eigenvalue weighted by atomic mass is 9.91. The second kappa shape index (κ2) is 8.06. The predicted octanol–water partition coefficient (Wildman–Crippen LogP) is 2.68. The number of anilines is 1. The molecule has 2 N–H and O–H groups in total. The van der Waals surface area contributed by atoms with Gasteiger partial charge in [0.15, 0.2) is 9.84 Å². The summed E-state index contributed by atoms with van der Waals surface area (Å²) in [7, 11) is -3.32. The van der Waals surface area contributed by atoms with Crippen LogP contribution in [0.4, 0.5) is 5.95 Å². The minimum Gasteiger partial charge on any atom is -0.354 e. The zero-order chi connectivity index (χ0) is 21.3. The molecule has 0 bridgehead atoms. The molecule has 0 unspecified atom stereocenters. The molecule has 0 saturated heterocycles. The highest BCUT2D eigenvalue weighted by molar-refractivity contribution is 7.91. The molecule has 30 heavy (non-hydrogen) atoms. The first-order chi connectivity index (χ1) is 14.3. The van der Waals surface area contributed by atoms with Gasteiger partial charge >= 0.3 is 0 Å². The second-order valence-electron chi connectivity index (χ2n) is 7.78. The van der Waals surface area contributed by atoms with Gasteiger partial charge in [0.05, 0.1) is 10.4 Å². The maximum absolute atomic E-state index is 12.1.